The molecular formula is C43H36N6. The molecule has 3 aromatic heterocycles. The van der Waals surface area contributed by atoms with Gasteiger partial charge in [0.1, 0.15) is 0 Å². The molecule has 0 saturated carbocycles. The fourth-order valence-corrected chi connectivity index (χ4v) is 8.72. The van der Waals surface area contributed by atoms with Crippen molar-refractivity contribution in [2.45, 2.75) is 45.4 Å². The second-order valence-corrected chi connectivity index (χ2v) is 14.5. The van der Waals surface area contributed by atoms with Crippen molar-refractivity contribution in [2.24, 2.45) is 0 Å². The minimum atomic E-state index is -0.175. The van der Waals surface area contributed by atoms with E-state index in [1.54, 1.807) is 0 Å². The molecule has 5 heterocycles. The van der Waals surface area contributed by atoms with Crippen molar-refractivity contribution in [3.8, 4) is 0 Å². The van der Waals surface area contributed by atoms with Crippen LogP contribution >= 0.6 is 0 Å². The van der Waals surface area contributed by atoms with Crippen LogP contribution in [-0.4, -0.2) is 18.8 Å². The first kappa shape index (κ1) is 28.2. The van der Waals surface area contributed by atoms with E-state index in [4.69, 9.17) is 9.97 Å². The van der Waals surface area contributed by atoms with Gasteiger partial charge in [0.05, 0.1) is 45.2 Å². The predicted octanol–water partition coefficient (Wildman–Crippen LogP) is 10.7. The highest BCUT2D eigenvalue weighted by Crippen LogP contribution is 2.56. The van der Waals surface area contributed by atoms with Crippen LogP contribution in [0.1, 0.15) is 55.6 Å². The van der Waals surface area contributed by atoms with Crippen molar-refractivity contribution in [1.29, 1.82) is 0 Å². The molecule has 5 aromatic carbocycles. The number of fused-ring (bicyclic) bond motifs is 10. The van der Waals surface area contributed by atoms with E-state index in [-0.39, 0.29) is 10.8 Å². The van der Waals surface area contributed by atoms with Crippen molar-refractivity contribution in [1.82, 2.24) is 18.8 Å². The molecule has 0 N–H and O–H groups in total. The Kier molecular flexibility index (Phi) is 5.52. The van der Waals surface area contributed by atoms with Crippen molar-refractivity contribution in [3.05, 3.63) is 156 Å². The van der Waals surface area contributed by atoms with Crippen LogP contribution in [0.15, 0.2) is 128 Å². The zero-order valence-electron chi connectivity index (χ0n) is 28.3. The molecule has 0 unspecified atom stereocenters. The molecule has 0 amide bonds. The highest BCUT2D eigenvalue weighted by Gasteiger charge is 2.40. The Morgan fingerprint density at radius 1 is 0.531 bits per heavy atom. The molecule has 10 rings (SSSR count). The van der Waals surface area contributed by atoms with Gasteiger partial charge in [0.15, 0.2) is 11.3 Å². The third kappa shape index (κ3) is 3.61. The maximum Gasteiger partial charge on any atom is 0.181 e. The molecule has 2 aliphatic rings. The number of hydrogen-bond donors (Lipinski definition) is 0. The summed E-state index contributed by atoms with van der Waals surface area (Å²) < 4.78 is 4.50. The Labute approximate surface area is 285 Å². The Morgan fingerprint density at radius 3 is 1.55 bits per heavy atom. The number of aromatic nitrogens is 4. The van der Waals surface area contributed by atoms with Crippen LogP contribution in [0.5, 0.6) is 0 Å². The maximum atomic E-state index is 4.91. The van der Waals surface area contributed by atoms with Crippen LogP contribution in [0, 0.1) is 6.92 Å². The lowest BCUT2D eigenvalue weighted by Crippen LogP contribution is -2.31. The van der Waals surface area contributed by atoms with Gasteiger partial charge in [0.2, 0.25) is 0 Å². The minimum absolute atomic E-state index is 0.155. The lowest BCUT2D eigenvalue weighted by Gasteiger charge is -2.43. The largest absolute Gasteiger partial charge is 0.310 e. The normalized spacial score (nSPS) is 15.7. The van der Waals surface area contributed by atoms with Gasteiger partial charge in [-0.1, -0.05) is 100 Å². The Balaban J connectivity index is 1.39. The number of anilines is 6. The highest BCUT2D eigenvalue weighted by molar-refractivity contribution is 6.04. The maximum absolute atomic E-state index is 4.91. The van der Waals surface area contributed by atoms with Crippen LogP contribution in [0.2, 0.25) is 0 Å². The van der Waals surface area contributed by atoms with Crippen molar-refractivity contribution in [3.63, 3.8) is 0 Å². The molecule has 6 heteroatoms. The number of para-hydroxylation sites is 4. The summed E-state index contributed by atoms with van der Waals surface area (Å²) in [5, 5.41) is 0. The van der Waals surface area contributed by atoms with Gasteiger partial charge in [0, 0.05) is 35.1 Å². The first-order valence-corrected chi connectivity index (χ1v) is 17.0. The molecule has 2 aliphatic heterocycles. The van der Waals surface area contributed by atoms with E-state index < -0.39 is 0 Å². The molecule has 49 heavy (non-hydrogen) atoms. The Bertz CT molecular complexity index is 2560. The summed E-state index contributed by atoms with van der Waals surface area (Å²) >= 11 is 0. The second-order valence-electron chi connectivity index (χ2n) is 14.5. The summed E-state index contributed by atoms with van der Waals surface area (Å²) in [7, 11) is 0. The molecule has 0 aliphatic carbocycles. The van der Waals surface area contributed by atoms with Crippen LogP contribution < -0.4 is 9.80 Å². The lowest BCUT2D eigenvalue weighted by molar-refractivity contribution is 0.631. The number of hydrogen-bond acceptors (Lipinski definition) is 4. The molecule has 238 valence electrons. The van der Waals surface area contributed by atoms with Gasteiger partial charge in [-0.25, -0.2) is 9.97 Å². The molecule has 8 aromatic rings. The lowest BCUT2D eigenvalue weighted by atomic mass is 9.73. The average Bonchev–Trinajstić information content (AvgIpc) is 3.76. The SMILES string of the molecule is Cc1cnc2c3nccn3c3cc(N4c5ccccc5C(C)(C)c5ccccc54)cc(N4c5ccccc5C(C)(C)c5ccccc54)c3n12. The van der Waals surface area contributed by atoms with E-state index in [1.807, 2.05) is 12.4 Å². The molecule has 0 saturated heterocycles. The number of rotatable bonds is 2. The molecule has 0 atom stereocenters. The summed E-state index contributed by atoms with van der Waals surface area (Å²) in [6.07, 6.45) is 5.91. The summed E-state index contributed by atoms with van der Waals surface area (Å²) in [6.45, 7) is 11.5. The van der Waals surface area contributed by atoms with E-state index in [1.165, 1.54) is 45.0 Å². The van der Waals surface area contributed by atoms with Crippen LogP contribution in [0.3, 0.4) is 0 Å². The zero-order chi connectivity index (χ0) is 33.2. The Morgan fingerprint density at radius 2 is 1.02 bits per heavy atom. The summed E-state index contributed by atoms with van der Waals surface area (Å²) in [5.74, 6) is 0. The zero-order valence-corrected chi connectivity index (χ0v) is 28.3. The number of imidazole rings is 2. The van der Waals surface area contributed by atoms with Gasteiger partial charge >= 0.3 is 0 Å². The molecular weight excluding hydrogens is 601 g/mol. The summed E-state index contributed by atoms with van der Waals surface area (Å²) in [4.78, 5) is 14.7. The number of benzene rings is 5. The van der Waals surface area contributed by atoms with Crippen molar-refractivity contribution >= 4 is 56.5 Å². The molecule has 0 fully saturated rings. The van der Waals surface area contributed by atoms with Gasteiger partial charge < -0.3 is 9.80 Å². The van der Waals surface area contributed by atoms with Gasteiger partial charge in [-0.05, 0) is 65.6 Å². The van der Waals surface area contributed by atoms with Gasteiger partial charge in [0.25, 0.3) is 0 Å². The molecule has 0 spiro atoms. The predicted molar refractivity (Wildman–Crippen MR) is 200 cm³/mol. The fourth-order valence-electron chi connectivity index (χ4n) is 8.72. The molecule has 6 nitrogen and oxygen atoms in total. The van der Waals surface area contributed by atoms with Crippen LogP contribution in [-0.2, 0) is 10.8 Å². The van der Waals surface area contributed by atoms with E-state index >= 15 is 0 Å². The standard InChI is InChI=1S/C43H36N6/c1-27-26-45-41-40-44-22-23-46(40)37-24-28(48-33-18-10-6-14-29(33)42(2,3)30-15-7-11-19-34(30)48)25-38(39(37)47(27)41)49-35-20-12-8-16-31(35)43(4,5)32-17-9-13-21-36(32)49/h6-26H,1-5H3. The monoisotopic (exact) mass is 636 g/mol. The Hall–Kier alpha value is -5.88. The van der Waals surface area contributed by atoms with Crippen LogP contribution in [0.25, 0.3) is 22.3 Å². The van der Waals surface area contributed by atoms with E-state index in [2.05, 4.69) is 169 Å². The average molecular weight is 637 g/mol. The fraction of sp³-hybridized carbons (Fsp3) is 0.163. The van der Waals surface area contributed by atoms with E-state index in [0.717, 1.165) is 39.4 Å². The first-order chi connectivity index (χ1) is 23.8. The topological polar surface area (TPSA) is 41.1 Å². The first-order valence-electron chi connectivity index (χ1n) is 17.0. The smallest absolute Gasteiger partial charge is 0.181 e. The van der Waals surface area contributed by atoms with Crippen molar-refractivity contribution in [2.75, 3.05) is 9.80 Å². The van der Waals surface area contributed by atoms with E-state index in [0.29, 0.717) is 0 Å². The summed E-state index contributed by atoms with van der Waals surface area (Å²) in [6, 6.07) is 40.2. The third-order valence-corrected chi connectivity index (χ3v) is 11.1. The number of aryl methyl sites for hydroxylation is 1. The van der Waals surface area contributed by atoms with Gasteiger partial charge in [-0.15, -0.1) is 0 Å². The summed E-state index contributed by atoms with van der Waals surface area (Å²) in [5.41, 5.74) is 16.7. The van der Waals surface area contributed by atoms with Gasteiger partial charge in [-0.2, -0.15) is 0 Å². The molecule has 0 bridgehead atoms. The second kappa shape index (κ2) is 9.60. The van der Waals surface area contributed by atoms with Crippen molar-refractivity contribution < 1.29 is 0 Å². The van der Waals surface area contributed by atoms with Gasteiger partial charge in [-0.3, -0.25) is 8.80 Å². The molecule has 0 radical (unpaired) electrons. The quantitative estimate of drug-likeness (QED) is 0.189. The minimum Gasteiger partial charge on any atom is -0.310 e. The van der Waals surface area contributed by atoms with Crippen LogP contribution in [0.4, 0.5) is 34.1 Å². The van der Waals surface area contributed by atoms with E-state index in [9.17, 15) is 0 Å². The number of nitrogens with zero attached hydrogens (tertiary/aromatic N) is 6. The third-order valence-electron chi connectivity index (χ3n) is 11.1. The highest BCUT2D eigenvalue weighted by atomic mass is 15.2.